The van der Waals surface area contributed by atoms with Crippen LogP contribution in [0.25, 0.3) is 12.2 Å². The molecule has 0 saturated carbocycles. The highest BCUT2D eigenvalue weighted by Crippen LogP contribution is 2.36. The van der Waals surface area contributed by atoms with Crippen molar-refractivity contribution in [3.63, 3.8) is 0 Å². The topological polar surface area (TPSA) is 73.8 Å². The highest BCUT2D eigenvalue weighted by Gasteiger charge is 2.15. The van der Waals surface area contributed by atoms with Crippen LogP contribution in [0.2, 0.25) is 0 Å². The fraction of sp³-hybridized carbons (Fsp3) is 0.476. The van der Waals surface area contributed by atoms with Gasteiger partial charge in [-0.15, -0.1) is 0 Å². The zero-order chi connectivity index (χ0) is 36.7. The van der Waals surface area contributed by atoms with Gasteiger partial charge in [-0.2, -0.15) is 0 Å². The second-order valence-electron chi connectivity index (χ2n) is 12.7. The van der Waals surface area contributed by atoms with Gasteiger partial charge in [-0.1, -0.05) is 58.7 Å². The van der Waals surface area contributed by atoms with Gasteiger partial charge in [0.25, 0.3) is 0 Å². The zero-order valence-electron chi connectivity index (χ0n) is 32.1. The van der Waals surface area contributed by atoms with Crippen molar-refractivity contribution >= 4 is 12.2 Å². The molecule has 0 heterocycles. The van der Waals surface area contributed by atoms with Crippen LogP contribution in [0, 0.1) is 0 Å². The molecular formula is C42H60O8. The maximum Gasteiger partial charge on any atom is 0.188 e. The van der Waals surface area contributed by atoms with Crippen molar-refractivity contribution in [2.45, 2.75) is 80.1 Å². The third kappa shape index (κ3) is 16.3. The van der Waals surface area contributed by atoms with Crippen molar-refractivity contribution in [3.8, 4) is 23.0 Å². The van der Waals surface area contributed by atoms with Gasteiger partial charge in [-0.05, 0) is 115 Å². The van der Waals surface area contributed by atoms with Gasteiger partial charge < -0.3 is 37.9 Å². The first-order valence-corrected chi connectivity index (χ1v) is 17.2. The van der Waals surface area contributed by atoms with Crippen molar-refractivity contribution in [1.29, 1.82) is 0 Å². The molecule has 0 aliphatic carbocycles. The summed E-state index contributed by atoms with van der Waals surface area (Å²) in [6.07, 6.45) is 18.4. The number of benzene rings is 2. The Morgan fingerprint density at radius 1 is 0.500 bits per heavy atom. The summed E-state index contributed by atoms with van der Waals surface area (Å²) in [6, 6.07) is 8.07. The molecule has 8 heteroatoms. The van der Waals surface area contributed by atoms with E-state index in [1.165, 1.54) is 22.3 Å². The van der Waals surface area contributed by atoms with Gasteiger partial charge in [0.1, 0.15) is 11.5 Å². The molecule has 0 spiro atoms. The van der Waals surface area contributed by atoms with E-state index in [4.69, 9.17) is 37.9 Å². The minimum absolute atomic E-state index is 0.0816. The van der Waals surface area contributed by atoms with E-state index in [9.17, 15) is 0 Å². The quantitative estimate of drug-likeness (QED) is 0.0612. The third-order valence-corrected chi connectivity index (χ3v) is 7.64. The van der Waals surface area contributed by atoms with Crippen LogP contribution in [-0.4, -0.2) is 55.6 Å². The molecule has 0 fully saturated rings. The summed E-state index contributed by atoms with van der Waals surface area (Å²) in [7, 11) is 6.42. The summed E-state index contributed by atoms with van der Waals surface area (Å²) in [5.74, 6) is 2.59. The molecule has 0 aliphatic heterocycles. The van der Waals surface area contributed by atoms with Crippen LogP contribution in [-0.2, 0) is 31.8 Å². The summed E-state index contributed by atoms with van der Waals surface area (Å²) in [6.45, 7) is 13.2. The van der Waals surface area contributed by atoms with Crippen molar-refractivity contribution < 1.29 is 37.9 Å². The molecule has 0 aromatic heterocycles. The lowest BCUT2D eigenvalue weighted by Gasteiger charge is -2.17. The van der Waals surface area contributed by atoms with Gasteiger partial charge in [0.2, 0.25) is 0 Å². The minimum atomic E-state index is 0.0816. The summed E-state index contributed by atoms with van der Waals surface area (Å²) < 4.78 is 45.3. The average molecular weight is 693 g/mol. The molecule has 2 aromatic carbocycles. The fourth-order valence-corrected chi connectivity index (χ4v) is 5.02. The SMILES string of the molecule is COCOc1cc(/C=C/c2cc(C/C=C(\C)CCC=C(C)C)c(OCOC)c(OCOC)c2)cc(OCOC)c1C/C=C(\C)CCC=C(C)C. The minimum Gasteiger partial charge on any atom is -0.467 e. The lowest BCUT2D eigenvalue weighted by molar-refractivity contribution is 0.0318. The van der Waals surface area contributed by atoms with Gasteiger partial charge in [-0.25, -0.2) is 0 Å². The van der Waals surface area contributed by atoms with E-state index in [1.807, 2.05) is 30.4 Å². The van der Waals surface area contributed by atoms with Gasteiger partial charge >= 0.3 is 0 Å². The Morgan fingerprint density at radius 3 is 1.40 bits per heavy atom. The molecule has 8 nitrogen and oxygen atoms in total. The van der Waals surface area contributed by atoms with Gasteiger partial charge in [-0.3, -0.25) is 0 Å². The summed E-state index contributed by atoms with van der Waals surface area (Å²) in [5.41, 5.74) is 9.01. The molecule has 2 rings (SSSR count). The predicted molar refractivity (Wildman–Crippen MR) is 204 cm³/mol. The van der Waals surface area contributed by atoms with Crippen molar-refractivity contribution in [2.75, 3.05) is 55.6 Å². The first-order chi connectivity index (χ1) is 24.1. The van der Waals surface area contributed by atoms with E-state index in [-0.39, 0.29) is 27.2 Å². The first-order valence-electron chi connectivity index (χ1n) is 17.2. The highest BCUT2D eigenvalue weighted by molar-refractivity contribution is 5.74. The number of rotatable bonds is 24. The standard InChI is InChI=1S/C42H60O8/c1-31(2)13-11-15-33(5)17-21-37-23-35(26-41(49-29-45-9)42(37)50-30-46-10)19-20-36-24-39(47-27-43-7)38(40(25-36)48-28-44-8)22-18-34(6)16-12-14-32(3)4/h13-14,17-20,23-26H,11-12,15-16,21-22,27-30H2,1-10H3/b20-19+,33-17+,34-18+. The van der Waals surface area contributed by atoms with Crippen LogP contribution in [0.3, 0.4) is 0 Å². The van der Waals surface area contributed by atoms with E-state index in [1.54, 1.807) is 28.4 Å². The number of hydrogen-bond donors (Lipinski definition) is 0. The molecule has 0 saturated heterocycles. The van der Waals surface area contributed by atoms with E-state index in [2.05, 4.69) is 71.9 Å². The first kappa shape index (κ1) is 42.3. The third-order valence-electron chi connectivity index (χ3n) is 7.64. The second kappa shape index (κ2) is 24.3. The van der Waals surface area contributed by atoms with E-state index < -0.39 is 0 Å². The number of hydrogen-bond acceptors (Lipinski definition) is 8. The Hall–Kier alpha value is -3.82. The second-order valence-corrected chi connectivity index (χ2v) is 12.7. The lowest BCUT2D eigenvalue weighted by atomic mass is 10.0. The van der Waals surface area contributed by atoms with E-state index in [0.29, 0.717) is 35.8 Å². The molecule has 0 aliphatic rings. The summed E-state index contributed by atoms with van der Waals surface area (Å²) >= 11 is 0. The normalized spacial score (nSPS) is 11.9. The molecule has 0 unspecified atom stereocenters. The van der Waals surface area contributed by atoms with Crippen LogP contribution in [0.1, 0.15) is 89.5 Å². The smallest absolute Gasteiger partial charge is 0.188 e. The molecule has 0 amide bonds. The molecule has 0 N–H and O–H groups in total. The highest BCUT2D eigenvalue weighted by atomic mass is 16.7. The van der Waals surface area contributed by atoms with Crippen LogP contribution in [0.5, 0.6) is 23.0 Å². The predicted octanol–water partition coefficient (Wildman–Crippen LogP) is 10.3. The van der Waals surface area contributed by atoms with Gasteiger partial charge in [0, 0.05) is 39.6 Å². The largest absolute Gasteiger partial charge is 0.467 e. The summed E-state index contributed by atoms with van der Waals surface area (Å²) in [5, 5.41) is 0. The molecule has 0 bridgehead atoms. The number of ether oxygens (including phenoxy) is 8. The van der Waals surface area contributed by atoms with Gasteiger partial charge in [0.05, 0.1) is 0 Å². The van der Waals surface area contributed by atoms with Gasteiger partial charge in [0.15, 0.2) is 38.7 Å². The van der Waals surface area contributed by atoms with Crippen molar-refractivity contribution in [3.05, 3.63) is 93.1 Å². The van der Waals surface area contributed by atoms with Crippen LogP contribution in [0.15, 0.2) is 70.9 Å². The Balaban J connectivity index is 2.56. The Labute approximate surface area is 301 Å². The molecule has 276 valence electrons. The monoisotopic (exact) mass is 692 g/mol. The van der Waals surface area contributed by atoms with Crippen molar-refractivity contribution in [1.82, 2.24) is 0 Å². The molecule has 50 heavy (non-hydrogen) atoms. The van der Waals surface area contributed by atoms with Crippen LogP contribution >= 0.6 is 0 Å². The lowest BCUT2D eigenvalue weighted by Crippen LogP contribution is -2.07. The number of allylic oxidation sites excluding steroid dienone is 8. The zero-order valence-corrected chi connectivity index (χ0v) is 32.1. The molecule has 2 aromatic rings. The maximum atomic E-state index is 6.09. The van der Waals surface area contributed by atoms with E-state index >= 15 is 0 Å². The van der Waals surface area contributed by atoms with Crippen molar-refractivity contribution in [2.24, 2.45) is 0 Å². The summed E-state index contributed by atoms with van der Waals surface area (Å²) in [4.78, 5) is 0. The van der Waals surface area contributed by atoms with Crippen LogP contribution < -0.4 is 18.9 Å². The van der Waals surface area contributed by atoms with Crippen LogP contribution in [0.4, 0.5) is 0 Å². The fourth-order valence-electron chi connectivity index (χ4n) is 5.02. The molecular weight excluding hydrogens is 632 g/mol. The average Bonchev–Trinajstić information content (AvgIpc) is 3.08. The number of methoxy groups -OCH3 is 4. The Kier molecular flexibility index (Phi) is 20.6. The molecule has 0 radical (unpaired) electrons. The van der Waals surface area contributed by atoms with E-state index in [0.717, 1.165) is 47.9 Å². The molecule has 0 atom stereocenters. The Bertz CT molecular complexity index is 1430. The Morgan fingerprint density at radius 2 is 0.920 bits per heavy atom. The maximum absolute atomic E-state index is 6.09.